The third kappa shape index (κ3) is 3.76. The van der Waals surface area contributed by atoms with Gasteiger partial charge in [0.1, 0.15) is 11.9 Å². The van der Waals surface area contributed by atoms with Gasteiger partial charge in [0.15, 0.2) is 0 Å². The molecule has 0 bridgehead atoms. The second-order valence-corrected chi connectivity index (χ2v) is 7.74. The molecule has 1 aromatic rings. The summed E-state index contributed by atoms with van der Waals surface area (Å²) in [5.41, 5.74) is 1.16. The fourth-order valence-corrected chi connectivity index (χ4v) is 4.31. The number of carbonyl (C=O) groups excluding carboxylic acids is 2. The summed E-state index contributed by atoms with van der Waals surface area (Å²) in [5.74, 6) is -0.723. The lowest BCUT2D eigenvalue weighted by molar-refractivity contribution is -0.141. The summed E-state index contributed by atoms with van der Waals surface area (Å²) in [4.78, 5) is 39.1. The van der Waals surface area contributed by atoms with Crippen LogP contribution in [0, 0.1) is 5.92 Å². The summed E-state index contributed by atoms with van der Waals surface area (Å²) in [7, 11) is 0. The number of fused-ring (bicyclic) bond motifs is 1. The minimum Gasteiger partial charge on any atom is -0.488 e. The first-order valence-electron chi connectivity index (χ1n) is 9.81. The van der Waals surface area contributed by atoms with Crippen molar-refractivity contribution in [3.63, 3.8) is 0 Å². The number of nitrogens with one attached hydrogen (secondary N) is 1. The Kier molecular flexibility index (Phi) is 5.11. The molecule has 28 heavy (non-hydrogen) atoms. The van der Waals surface area contributed by atoms with E-state index in [1.54, 1.807) is 9.80 Å². The van der Waals surface area contributed by atoms with Crippen molar-refractivity contribution in [2.24, 2.45) is 5.92 Å². The smallest absolute Gasteiger partial charge is 0.317 e. The maximum atomic E-state index is 12.5. The molecule has 0 spiro atoms. The molecular weight excluding hydrogens is 362 g/mol. The molecule has 2 atom stereocenters. The van der Waals surface area contributed by atoms with Crippen molar-refractivity contribution in [1.29, 1.82) is 0 Å². The number of rotatable bonds is 4. The molecule has 2 saturated heterocycles. The van der Waals surface area contributed by atoms with Crippen molar-refractivity contribution in [3.8, 4) is 5.75 Å². The van der Waals surface area contributed by atoms with Crippen LogP contribution in [-0.2, 0) is 16.0 Å². The molecule has 1 aromatic carbocycles. The number of hydrogen-bond donors (Lipinski definition) is 2. The van der Waals surface area contributed by atoms with Crippen LogP contribution in [-0.4, -0.2) is 71.1 Å². The Labute approximate surface area is 163 Å². The first-order chi connectivity index (χ1) is 13.5. The molecule has 3 heterocycles. The number of carboxylic acid groups (broad SMARTS) is 1. The van der Waals surface area contributed by atoms with Crippen LogP contribution >= 0.6 is 0 Å². The zero-order chi connectivity index (χ0) is 19.7. The predicted octanol–water partition coefficient (Wildman–Crippen LogP) is 1.10. The quantitative estimate of drug-likeness (QED) is 0.806. The van der Waals surface area contributed by atoms with Gasteiger partial charge in [0.2, 0.25) is 5.91 Å². The molecule has 0 aliphatic carbocycles. The molecule has 0 saturated carbocycles. The number of amides is 3. The Morgan fingerprint density at radius 1 is 1.18 bits per heavy atom. The van der Waals surface area contributed by atoms with E-state index in [4.69, 9.17) is 9.84 Å². The van der Waals surface area contributed by atoms with Crippen molar-refractivity contribution >= 4 is 17.9 Å². The van der Waals surface area contributed by atoms with E-state index in [1.807, 2.05) is 24.3 Å². The largest absolute Gasteiger partial charge is 0.488 e. The van der Waals surface area contributed by atoms with E-state index in [1.165, 1.54) is 0 Å². The van der Waals surface area contributed by atoms with E-state index in [0.29, 0.717) is 32.5 Å². The van der Waals surface area contributed by atoms with Crippen LogP contribution in [0.25, 0.3) is 0 Å². The van der Waals surface area contributed by atoms with Gasteiger partial charge < -0.3 is 25.0 Å². The number of nitrogens with zero attached hydrogens (tertiary/aromatic N) is 2. The highest BCUT2D eigenvalue weighted by Gasteiger charge is 2.39. The van der Waals surface area contributed by atoms with E-state index in [2.05, 4.69) is 5.32 Å². The van der Waals surface area contributed by atoms with Gasteiger partial charge in [0, 0.05) is 38.5 Å². The lowest BCUT2D eigenvalue weighted by Gasteiger charge is -2.36. The van der Waals surface area contributed by atoms with Gasteiger partial charge in [-0.3, -0.25) is 9.59 Å². The van der Waals surface area contributed by atoms with Crippen LogP contribution in [0.4, 0.5) is 4.79 Å². The Balaban J connectivity index is 1.22. The van der Waals surface area contributed by atoms with E-state index in [-0.39, 0.29) is 37.0 Å². The Hall–Kier alpha value is -2.77. The lowest BCUT2D eigenvalue weighted by atomic mass is 10.0. The van der Waals surface area contributed by atoms with E-state index in [9.17, 15) is 14.4 Å². The molecule has 3 amide bonds. The van der Waals surface area contributed by atoms with Crippen LogP contribution in [0.15, 0.2) is 24.3 Å². The monoisotopic (exact) mass is 387 g/mol. The highest BCUT2D eigenvalue weighted by molar-refractivity contribution is 5.86. The van der Waals surface area contributed by atoms with Crippen molar-refractivity contribution in [1.82, 2.24) is 15.1 Å². The van der Waals surface area contributed by atoms with E-state index in [0.717, 1.165) is 17.7 Å². The SMILES string of the molecule is O=C(O)C1CC(=O)N(C2CCN(C(=O)NCC3Cc4ccccc4O3)CC2)C1. The normalized spacial score (nSPS) is 24.8. The molecule has 8 heteroatoms. The van der Waals surface area contributed by atoms with Crippen molar-refractivity contribution in [2.75, 3.05) is 26.2 Å². The van der Waals surface area contributed by atoms with Gasteiger partial charge in [0.05, 0.1) is 12.5 Å². The van der Waals surface area contributed by atoms with Gasteiger partial charge >= 0.3 is 12.0 Å². The van der Waals surface area contributed by atoms with Crippen LogP contribution in [0.1, 0.15) is 24.8 Å². The molecule has 3 aliphatic rings. The first kappa shape index (κ1) is 18.6. The van der Waals surface area contributed by atoms with Gasteiger partial charge in [-0.25, -0.2) is 4.79 Å². The first-order valence-corrected chi connectivity index (χ1v) is 9.81. The summed E-state index contributed by atoms with van der Waals surface area (Å²) in [5, 5.41) is 12.1. The van der Waals surface area contributed by atoms with Crippen molar-refractivity contribution in [2.45, 2.75) is 37.8 Å². The van der Waals surface area contributed by atoms with Gasteiger partial charge in [-0.15, -0.1) is 0 Å². The molecule has 0 radical (unpaired) electrons. The van der Waals surface area contributed by atoms with Crippen LogP contribution in [0.2, 0.25) is 0 Å². The second-order valence-electron chi connectivity index (χ2n) is 7.74. The van der Waals surface area contributed by atoms with Crippen molar-refractivity contribution < 1.29 is 24.2 Å². The van der Waals surface area contributed by atoms with Crippen LogP contribution in [0.5, 0.6) is 5.75 Å². The van der Waals surface area contributed by atoms with Crippen LogP contribution < -0.4 is 10.1 Å². The summed E-state index contributed by atoms with van der Waals surface area (Å²) < 4.78 is 5.85. The summed E-state index contributed by atoms with van der Waals surface area (Å²) in [6.07, 6.45) is 2.18. The van der Waals surface area contributed by atoms with Gasteiger partial charge in [-0.2, -0.15) is 0 Å². The average Bonchev–Trinajstić information content (AvgIpc) is 3.29. The van der Waals surface area contributed by atoms with Crippen molar-refractivity contribution in [3.05, 3.63) is 29.8 Å². The van der Waals surface area contributed by atoms with Gasteiger partial charge in [-0.05, 0) is 24.5 Å². The lowest BCUT2D eigenvalue weighted by Crippen LogP contribution is -2.51. The highest BCUT2D eigenvalue weighted by atomic mass is 16.5. The minimum atomic E-state index is -0.913. The summed E-state index contributed by atoms with van der Waals surface area (Å²) in [6.45, 7) is 1.86. The Morgan fingerprint density at radius 2 is 1.93 bits per heavy atom. The number of hydrogen-bond acceptors (Lipinski definition) is 4. The number of carbonyl (C=O) groups is 3. The van der Waals surface area contributed by atoms with Gasteiger partial charge in [0.25, 0.3) is 0 Å². The molecule has 2 fully saturated rings. The minimum absolute atomic E-state index is 0.0218. The molecule has 150 valence electrons. The number of benzene rings is 1. The number of aliphatic carboxylic acids is 1. The number of urea groups is 1. The predicted molar refractivity (Wildman–Crippen MR) is 100 cm³/mol. The van der Waals surface area contributed by atoms with Crippen LogP contribution in [0.3, 0.4) is 0 Å². The number of para-hydroxylation sites is 1. The number of ether oxygens (including phenoxy) is 1. The molecule has 4 rings (SSSR count). The van der Waals surface area contributed by atoms with E-state index < -0.39 is 11.9 Å². The Bertz CT molecular complexity index is 750. The summed E-state index contributed by atoms with van der Waals surface area (Å²) in [6, 6.07) is 7.81. The zero-order valence-electron chi connectivity index (χ0n) is 15.7. The topological polar surface area (TPSA) is 99.2 Å². The standard InChI is InChI=1S/C20H25N3O5/c24-18-10-14(19(25)26)12-23(18)15-5-7-22(8-6-15)20(27)21-11-16-9-13-3-1-2-4-17(13)28-16/h1-4,14-16H,5-12H2,(H,21,27)(H,25,26). The second kappa shape index (κ2) is 7.69. The molecular formula is C20H25N3O5. The molecule has 3 aliphatic heterocycles. The number of carboxylic acids is 1. The third-order valence-corrected chi connectivity index (χ3v) is 5.89. The molecule has 2 N–H and O–H groups in total. The average molecular weight is 387 g/mol. The highest BCUT2D eigenvalue weighted by Crippen LogP contribution is 2.28. The number of piperidine rings is 1. The zero-order valence-corrected chi connectivity index (χ0v) is 15.7. The molecule has 8 nitrogen and oxygen atoms in total. The number of likely N-dealkylation sites (tertiary alicyclic amines) is 2. The summed E-state index contributed by atoms with van der Waals surface area (Å²) >= 11 is 0. The maximum Gasteiger partial charge on any atom is 0.317 e. The van der Waals surface area contributed by atoms with E-state index >= 15 is 0 Å². The molecule has 2 unspecified atom stereocenters. The fourth-order valence-electron chi connectivity index (χ4n) is 4.31. The van der Waals surface area contributed by atoms with Gasteiger partial charge in [-0.1, -0.05) is 18.2 Å². The molecule has 0 aromatic heterocycles. The maximum absolute atomic E-state index is 12.5. The third-order valence-electron chi connectivity index (χ3n) is 5.89. The fraction of sp³-hybridized carbons (Fsp3) is 0.550. The Morgan fingerprint density at radius 3 is 2.61 bits per heavy atom.